The van der Waals surface area contributed by atoms with Crippen molar-refractivity contribution in [1.82, 2.24) is 9.97 Å². The number of nitrogens with one attached hydrogen (secondary N) is 2. The van der Waals surface area contributed by atoms with E-state index in [4.69, 9.17) is 0 Å². The van der Waals surface area contributed by atoms with Gasteiger partial charge in [0.25, 0.3) is 0 Å². The summed E-state index contributed by atoms with van der Waals surface area (Å²) in [6.45, 7) is 3.91. The summed E-state index contributed by atoms with van der Waals surface area (Å²) >= 11 is 0. The number of aryl methyl sites for hydroxylation is 1. The van der Waals surface area contributed by atoms with E-state index in [1.165, 1.54) is 0 Å². The average Bonchev–Trinajstić information content (AvgIpc) is 2.77. The SMILES string of the molecule is CCCC(=O)Nc1ccc(-c2cnc(C)[nH]2)cc1. The van der Waals surface area contributed by atoms with Crippen molar-refractivity contribution in [3.8, 4) is 11.3 Å². The van der Waals surface area contributed by atoms with E-state index in [1.54, 1.807) is 6.20 Å². The van der Waals surface area contributed by atoms with Gasteiger partial charge >= 0.3 is 0 Å². The number of amides is 1. The summed E-state index contributed by atoms with van der Waals surface area (Å²) in [5, 5.41) is 2.86. The molecular formula is C14H17N3O. The van der Waals surface area contributed by atoms with Gasteiger partial charge in [0.1, 0.15) is 5.82 Å². The molecule has 1 amide bonds. The zero-order valence-electron chi connectivity index (χ0n) is 10.7. The number of anilines is 1. The van der Waals surface area contributed by atoms with Gasteiger partial charge in [0.2, 0.25) is 5.91 Å². The molecule has 0 saturated carbocycles. The number of hydrogen-bond donors (Lipinski definition) is 2. The van der Waals surface area contributed by atoms with E-state index in [0.29, 0.717) is 6.42 Å². The molecular weight excluding hydrogens is 226 g/mol. The highest BCUT2D eigenvalue weighted by atomic mass is 16.1. The van der Waals surface area contributed by atoms with Gasteiger partial charge in [0, 0.05) is 12.1 Å². The van der Waals surface area contributed by atoms with Gasteiger partial charge in [-0.05, 0) is 31.0 Å². The summed E-state index contributed by atoms with van der Waals surface area (Å²) in [5.41, 5.74) is 2.87. The largest absolute Gasteiger partial charge is 0.342 e. The predicted octanol–water partition coefficient (Wildman–Crippen LogP) is 3.12. The first kappa shape index (κ1) is 12.4. The van der Waals surface area contributed by atoms with E-state index in [9.17, 15) is 4.79 Å². The van der Waals surface area contributed by atoms with Crippen molar-refractivity contribution in [3.05, 3.63) is 36.3 Å². The van der Waals surface area contributed by atoms with Gasteiger partial charge in [0.15, 0.2) is 0 Å². The topological polar surface area (TPSA) is 57.8 Å². The molecule has 94 valence electrons. The maximum Gasteiger partial charge on any atom is 0.224 e. The maximum atomic E-state index is 11.4. The van der Waals surface area contributed by atoms with Crippen LogP contribution in [0.1, 0.15) is 25.6 Å². The second kappa shape index (κ2) is 5.49. The molecule has 4 heteroatoms. The van der Waals surface area contributed by atoms with Crippen LogP contribution in [0.15, 0.2) is 30.5 Å². The number of nitrogens with zero attached hydrogens (tertiary/aromatic N) is 1. The fourth-order valence-corrected chi connectivity index (χ4v) is 1.75. The van der Waals surface area contributed by atoms with Crippen LogP contribution in [0, 0.1) is 6.92 Å². The summed E-state index contributed by atoms with van der Waals surface area (Å²) in [7, 11) is 0. The van der Waals surface area contributed by atoms with Crippen LogP contribution in [0.5, 0.6) is 0 Å². The molecule has 1 aromatic carbocycles. The van der Waals surface area contributed by atoms with Crippen LogP contribution in [0.3, 0.4) is 0 Å². The van der Waals surface area contributed by atoms with E-state index in [2.05, 4.69) is 15.3 Å². The normalized spacial score (nSPS) is 10.3. The molecule has 2 N–H and O–H groups in total. The number of benzene rings is 1. The van der Waals surface area contributed by atoms with E-state index >= 15 is 0 Å². The highest BCUT2D eigenvalue weighted by Crippen LogP contribution is 2.19. The van der Waals surface area contributed by atoms with Crippen LogP contribution in [0.25, 0.3) is 11.3 Å². The third-order valence-electron chi connectivity index (χ3n) is 2.66. The van der Waals surface area contributed by atoms with Gasteiger partial charge < -0.3 is 10.3 Å². The van der Waals surface area contributed by atoms with Crippen molar-refractivity contribution in [2.24, 2.45) is 0 Å². The van der Waals surface area contributed by atoms with E-state index in [-0.39, 0.29) is 5.91 Å². The minimum atomic E-state index is 0.0580. The minimum absolute atomic E-state index is 0.0580. The Kier molecular flexibility index (Phi) is 3.77. The molecule has 2 rings (SSSR count). The third kappa shape index (κ3) is 2.97. The molecule has 4 nitrogen and oxygen atoms in total. The number of aromatic amines is 1. The Hall–Kier alpha value is -2.10. The van der Waals surface area contributed by atoms with Gasteiger partial charge in [-0.25, -0.2) is 4.98 Å². The van der Waals surface area contributed by atoms with Crippen molar-refractivity contribution < 1.29 is 4.79 Å². The van der Waals surface area contributed by atoms with E-state index in [0.717, 1.165) is 29.2 Å². The average molecular weight is 243 g/mol. The Morgan fingerprint density at radius 1 is 1.33 bits per heavy atom. The Morgan fingerprint density at radius 3 is 2.61 bits per heavy atom. The first-order valence-electron chi connectivity index (χ1n) is 6.11. The molecule has 0 radical (unpaired) electrons. The summed E-state index contributed by atoms with van der Waals surface area (Å²) < 4.78 is 0. The fourth-order valence-electron chi connectivity index (χ4n) is 1.75. The quantitative estimate of drug-likeness (QED) is 0.866. The standard InChI is InChI=1S/C14H17N3O/c1-3-4-14(18)17-12-7-5-11(6-8-12)13-9-15-10(2)16-13/h5-9H,3-4H2,1-2H3,(H,15,16)(H,17,18). The molecule has 0 atom stereocenters. The molecule has 1 heterocycles. The molecule has 0 saturated heterocycles. The lowest BCUT2D eigenvalue weighted by molar-refractivity contribution is -0.116. The second-order valence-corrected chi connectivity index (χ2v) is 4.26. The van der Waals surface area contributed by atoms with Crippen LogP contribution >= 0.6 is 0 Å². The number of imidazole rings is 1. The zero-order valence-corrected chi connectivity index (χ0v) is 10.7. The highest BCUT2D eigenvalue weighted by Gasteiger charge is 2.03. The van der Waals surface area contributed by atoms with E-state index in [1.807, 2.05) is 38.1 Å². The summed E-state index contributed by atoms with van der Waals surface area (Å²) in [5.74, 6) is 0.952. The van der Waals surface area contributed by atoms with E-state index < -0.39 is 0 Å². The number of carbonyl (C=O) groups is 1. The minimum Gasteiger partial charge on any atom is -0.342 e. The summed E-state index contributed by atoms with van der Waals surface area (Å²) in [6.07, 6.45) is 3.22. The number of carbonyl (C=O) groups excluding carboxylic acids is 1. The zero-order chi connectivity index (χ0) is 13.0. The number of rotatable bonds is 4. The Morgan fingerprint density at radius 2 is 2.06 bits per heavy atom. The van der Waals surface area contributed by atoms with Crippen molar-refractivity contribution in [3.63, 3.8) is 0 Å². The highest BCUT2D eigenvalue weighted by molar-refractivity contribution is 5.90. The molecule has 2 aromatic rings. The lowest BCUT2D eigenvalue weighted by Gasteiger charge is -2.05. The molecule has 1 aromatic heterocycles. The molecule has 0 bridgehead atoms. The molecule has 0 unspecified atom stereocenters. The monoisotopic (exact) mass is 243 g/mol. The summed E-state index contributed by atoms with van der Waals surface area (Å²) in [6, 6.07) is 7.74. The van der Waals surface area contributed by atoms with Crippen molar-refractivity contribution in [2.45, 2.75) is 26.7 Å². The Labute approximate surface area is 106 Å². The number of H-pyrrole nitrogens is 1. The lowest BCUT2D eigenvalue weighted by atomic mass is 10.1. The number of hydrogen-bond acceptors (Lipinski definition) is 2. The molecule has 0 aliphatic rings. The van der Waals surface area contributed by atoms with Crippen molar-refractivity contribution >= 4 is 11.6 Å². The fraction of sp³-hybridized carbons (Fsp3) is 0.286. The lowest BCUT2D eigenvalue weighted by Crippen LogP contribution is -2.10. The summed E-state index contributed by atoms with van der Waals surface area (Å²) in [4.78, 5) is 18.8. The predicted molar refractivity (Wildman–Crippen MR) is 72.3 cm³/mol. The first-order chi connectivity index (χ1) is 8.69. The smallest absolute Gasteiger partial charge is 0.224 e. The second-order valence-electron chi connectivity index (χ2n) is 4.26. The Bertz CT molecular complexity index is 528. The number of aromatic nitrogens is 2. The van der Waals surface area contributed by atoms with Gasteiger partial charge in [-0.1, -0.05) is 19.1 Å². The molecule has 18 heavy (non-hydrogen) atoms. The third-order valence-corrected chi connectivity index (χ3v) is 2.66. The molecule has 0 aliphatic heterocycles. The van der Waals surface area contributed by atoms with Crippen LogP contribution in [-0.4, -0.2) is 15.9 Å². The molecule has 0 spiro atoms. The Balaban J connectivity index is 2.08. The van der Waals surface area contributed by atoms with Gasteiger partial charge in [-0.2, -0.15) is 0 Å². The first-order valence-corrected chi connectivity index (χ1v) is 6.11. The van der Waals surface area contributed by atoms with Gasteiger partial charge in [0.05, 0.1) is 11.9 Å². The van der Waals surface area contributed by atoms with Crippen LogP contribution in [0.4, 0.5) is 5.69 Å². The van der Waals surface area contributed by atoms with Crippen LogP contribution in [-0.2, 0) is 4.79 Å². The van der Waals surface area contributed by atoms with Gasteiger partial charge in [-0.15, -0.1) is 0 Å². The van der Waals surface area contributed by atoms with Crippen LogP contribution < -0.4 is 5.32 Å². The van der Waals surface area contributed by atoms with Crippen molar-refractivity contribution in [2.75, 3.05) is 5.32 Å². The van der Waals surface area contributed by atoms with Gasteiger partial charge in [-0.3, -0.25) is 4.79 Å². The molecule has 0 fully saturated rings. The molecule has 0 aliphatic carbocycles. The van der Waals surface area contributed by atoms with Crippen molar-refractivity contribution in [1.29, 1.82) is 0 Å². The van der Waals surface area contributed by atoms with Crippen LogP contribution in [0.2, 0.25) is 0 Å². The maximum absolute atomic E-state index is 11.4.